The maximum Gasteiger partial charge on any atom is 0.240 e. The van der Waals surface area contributed by atoms with E-state index in [2.05, 4.69) is 5.32 Å². The van der Waals surface area contributed by atoms with Crippen LogP contribution in [-0.2, 0) is 26.2 Å². The Bertz CT molecular complexity index is 1000. The molecule has 2 aromatic rings. The molecule has 1 heterocycles. The number of sulfonamides is 1. The van der Waals surface area contributed by atoms with E-state index in [-0.39, 0.29) is 29.8 Å². The van der Waals surface area contributed by atoms with Crippen LogP contribution >= 0.6 is 11.8 Å². The van der Waals surface area contributed by atoms with Gasteiger partial charge in [-0.1, -0.05) is 42.5 Å². The second kappa shape index (κ2) is 8.59. The summed E-state index contributed by atoms with van der Waals surface area (Å²) in [6, 6.07) is 15.4. The summed E-state index contributed by atoms with van der Waals surface area (Å²) in [4.78, 5) is 26.2. The van der Waals surface area contributed by atoms with Crippen LogP contribution in [0.2, 0.25) is 0 Å². The minimum absolute atomic E-state index is 0.0108. The number of primary sulfonamides is 1. The predicted octanol–water partition coefficient (Wildman–Crippen LogP) is 1.52. The van der Waals surface area contributed by atoms with Crippen molar-refractivity contribution in [1.29, 1.82) is 0 Å². The van der Waals surface area contributed by atoms with E-state index in [1.165, 1.54) is 28.8 Å². The van der Waals surface area contributed by atoms with Crippen LogP contribution in [0.3, 0.4) is 0 Å². The zero-order valence-electron chi connectivity index (χ0n) is 14.9. The molecule has 7 nitrogen and oxygen atoms in total. The van der Waals surface area contributed by atoms with Gasteiger partial charge in [0.25, 0.3) is 0 Å². The van der Waals surface area contributed by atoms with Crippen LogP contribution in [0.1, 0.15) is 11.1 Å². The fraction of sp³-hybridized carbons (Fsp3) is 0.158. The Labute approximate surface area is 167 Å². The highest BCUT2D eigenvalue weighted by molar-refractivity contribution is 8.03. The highest BCUT2D eigenvalue weighted by Crippen LogP contribution is 2.27. The number of hydrogen-bond acceptors (Lipinski definition) is 5. The molecule has 0 atom stereocenters. The average molecular weight is 418 g/mol. The molecule has 0 radical (unpaired) electrons. The highest BCUT2D eigenvalue weighted by Gasteiger charge is 2.25. The van der Waals surface area contributed by atoms with Gasteiger partial charge in [0.15, 0.2) is 0 Å². The smallest absolute Gasteiger partial charge is 0.240 e. The molecule has 0 aliphatic carbocycles. The lowest BCUT2D eigenvalue weighted by Crippen LogP contribution is -2.41. The SMILES string of the molecule is NS(=O)(=O)c1ccc(CNC(=O)CN2C(=O)CSC=C2c2ccccc2)cc1. The molecule has 146 valence electrons. The molecule has 9 heteroatoms. The summed E-state index contributed by atoms with van der Waals surface area (Å²) in [7, 11) is -3.75. The van der Waals surface area contributed by atoms with Gasteiger partial charge in [-0.15, -0.1) is 11.8 Å². The topological polar surface area (TPSA) is 110 Å². The van der Waals surface area contributed by atoms with Gasteiger partial charge in [0.2, 0.25) is 21.8 Å². The largest absolute Gasteiger partial charge is 0.350 e. The Morgan fingerprint density at radius 2 is 1.79 bits per heavy atom. The predicted molar refractivity (Wildman–Crippen MR) is 108 cm³/mol. The zero-order chi connectivity index (χ0) is 20.1. The second-order valence-electron chi connectivity index (χ2n) is 6.13. The van der Waals surface area contributed by atoms with Gasteiger partial charge in [-0.25, -0.2) is 13.6 Å². The molecular formula is C19H19N3O4S2. The summed E-state index contributed by atoms with van der Waals surface area (Å²) < 4.78 is 22.5. The van der Waals surface area contributed by atoms with Gasteiger partial charge < -0.3 is 10.2 Å². The number of benzene rings is 2. The van der Waals surface area contributed by atoms with Crippen molar-refractivity contribution in [3.63, 3.8) is 0 Å². The molecule has 2 aromatic carbocycles. The van der Waals surface area contributed by atoms with Gasteiger partial charge in [0.05, 0.1) is 16.3 Å². The Morgan fingerprint density at radius 1 is 1.11 bits per heavy atom. The third-order valence-electron chi connectivity index (χ3n) is 4.11. The number of rotatable bonds is 6. The Balaban J connectivity index is 1.64. The summed E-state index contributed by atoms with van der Waals surface area (Å²) in [5.74, 6) is -0.143. The number of thioether (sulfide) groups is 1. The molecule has 0 aromatic heterocycles. The molecule has 1 aliphatic rings. The third kappa shape index (κ3) is 5.00. The number of carbonyl (C=O) groups is 2. The number of carbonyl (C=O) groups excluding carboxylic acids is 2. The lowest BCUT2D eigenvalue weighted by molar-refractivity contribution is -0.131. The first-order valence-electron chi connectivity index (χ1n) is 8.40. The molecule has 28 heavy (non-hydrogen) atoms. The fourth-order valence-corrected chi connectivity index (χ4v) is 3.99. The van der Waals surface area contributed by atoms with E-state index in [9.17, 15) is 18.0 Å². The van der Waals surface area contributed by atoms with Crippen LogP contribution in [0.25, 0.3) is 5.70 Å². The number of nitrogens with two attached hydrogens (primary N) is 1. The lowest BCUT2D eigenvalue weighted by atomic mass is 10.1. The molecule has 0 spiro atoms. The normalized spacial score (nSPS) is 14.5. The molecule has 3 rings (SSSR count). The summed E-state index contributed by atoms with van der Waals surface area (Å²) in [6.07, 6.45) is 0. The molecule has 0 saturated heterocycles. The van der Waals surface area contributed by atoms with E-state index in [0.29, 0.717) is 11.4 Å². The Hall–Kier alpha value is -2.62. The van der Waals surface area contributed by atoms with Crippen LogP contribution < -0.4 is 10.5 Å². The first-order chi connectivity index (χ1) is 13.3. The van der Waals surface area contributed by atoms with Gasteiger partial charge in [0, 0.05) is 6.54 Å². The van der Waals surface area contributed by atoms with Crippen LogP contribution in [-0.4, -0.2) is 37.4 Å². The standard InChI is InChI=1S/C19H19N3O4S2/c20-28(25,26)16-8-6-14(7-9-16)10-21-18(23)11-22-17(12-27-13-19(22)24)15-4-2-1-3-5-15/h1-9,12H,10-11,13H2,(H,21,23)(H2,20,25,26). The van der Waals surface area contributed by atoms with E-state index in [0.717, 1.165) is 11.1 Å². The van der Waals surface area contributed by atoms with Gasteiger partial charge in [-0.3, -0.25) is 9.59 Å². The van der Waals surface area contributed by atoms with Crippen LogP contribution in [0, 0.1) is 0 Å². The van der Waals surface area contributed by atoms with Gasteiger partial charge in [-0.05, 0) is 28.7 Å². The second-order valence-corrected chi connectivity index (χ2v) is 8.54. The van der Waals surface area contributed by atoms with Crippen LogP contribution in [0.5, 0.6) is 0 Å². The number of nitrogens with zero attached hydrogens (tertiary/aromatic N) is 1. The van der Waals surface area contributed by atoms with Crippen molar-refractivity contribution in [2.24, 2.45) is 5.14 Å². The summed E-state index contributed by atoms with van der Waals surface area (Å²) in [6.45, 7) is 0.125. The van der Waals surface area contributed by atoms with Gasteiger partial charge >= 0.3 is 0 Å². The Kier molecular flexibility index (Phi) is 6.18. The van der Waals surface area contributed by atoms with Crippen molar-refractivity contribution in [1.82, 2.24) is 10.2 Å². The minimum Gasteiger partial charge on any atom is -0.350 e. The van der Waals surface area contributed by atoms with E-state index >= 15 is 0 Å². The van der Waals surface area contributed by atoms with Crippen LogP contribution in [0.15, 0.2) is 64.9 Å². The number of hydrogen-bond donors (Lipinski definition) is 2. The Morgan fingerprint density at radius 3 is 2.43 bits per heavy atom. The van der Waals surface area contributed by atoms with Crippen molar-refractivity contribution in [2.45, 2.75) is 11.4 Å². The van der Waals surface area contributed by atoms with Crippen molar-refractivity contribution < 1.29 is 18.0 Å². The maximum atomic E-state index is 12.4. The number of amides is 2. The quantitative estimate of drug-likeness (QED) is 0.741. The maximum absolute atomic E-state index is 12.4. The molecule has 0 saturated carbocycles. The summed E-state index contributed by atoms with van der Waals surface area (Å²) >= 11 is 1.41. The highest BCUT2D eigenvalue weighted by atomic mass is 32.2. The van der Waals surface area contributed by atoms with Crippen molar-refractivity contribution in [2.75, 3.05) is 12.3 Å². The van der Waals surface area contributed by atoms with Crippen LogP contribution in [0.4, 0.5) is 0 Å². The van der Waals surface area contributed by atoms with Crippen molar-refractivity contribution >= 4 is 39.3 Å². The van der Waals surface area contributed by atoms with E-state index in [1.807, 2.05) is 35.7 Å². The van der Waals surface area contributed by atoms with Gasteiger partial charge in [0.1, 0.15) is 6.54 Å². The van der Waals surface area contributed by atoms with Gasteiger partial charge in [-0.2, -0.15) is 0 Å². The molecular weight excluding hydrogens is 398 g/mol. The first kappa shape index (κ1) is 20.1. The van der Waals surface area contributed by atoms with E-state index < -0.39 is 10.0 Å². The molecule has 1 aliphatic heterocycles. The summed E-state index contributed by atoms with van der Waals surface area (Å²) in [5.41, 5.74) is 2.30. The average Bonchev–Trinajstić information content (AvgIpc) is 2.68. The number of nitrogens with one attached hydrogen (secondary N) is 1. The zero-order valence-corrected chi connectivity index (χ0v) is 16.5. The lowest BCUT2D eigenvalue weighted by Gasteiger charge is -2.28. The molecule has 0 unspecified atom stereocenters. The first-order valence-corrected chi connectivity index (χ1v) is 11.0. The summed E-state index contributed by atoms with van der Waals surface area (Å²) in [5, 5.41) is 9.70. The third-order valence-corrected chi connectivity index (χ3v) is 5.84. The van der Waals surface area contributed by atoms with Crippen molar-refractivity contribution in [3.8, 4) is 0 Å². The van der Waals surface area contributed by atoms with Crippen molar-refractivity contribution in [3.05, 3.63) is 71.1 Å². The minimum atomic E-state index is -3.75. The van der Waals surface area contributed by atoms with E-state index in [4.69, 9.17) is 5.14 Å². The molecule has 0 fully saturated rings. The fourth-order valence-electron chi connectivity index (χ4n) is 2.67. The molecule has 2 amide bonds. The molecule has 3 N–H and O–H groups in total. The van der Waals surface area contributed by atoms with E-state index in [1.54, 1.807) is 12.1 Å². The monoisotopic (exact) mass is 417 g/mol. The molecule has 0 bridgehead atoms.